The summed E-state index contributed by atoms with van der Waals surface area (Å²) in [6.07, 6.45) is 3.48. The number of rotatable bonds is 3. The highest BCUT2D eigenvalue weighted by Crippen LogP contribution is 2.29. The molecule has 0 saturated carbocycles. The second-order valence-corrected chi connectivity index (χ2v) is 5.59. The maximum Gasteiger partial charge on any atom is 0.0867 e. The Labute approximate surface area is 125 Å². The number of aromatic nitrogens is 3. The minimum absolute atomic E-state index is 0.480. The van der Waals surface area contributed by atoms with Crippen LogP contribution in [-0.4, -0.2) is 19.9 Å². The van der Waals surface area contributed by atoms with Crippen molar-refractivity contribution in [3.8, 4) is 0 Å². The van der Waals surface area contributed by atoms with Gasteiger partial charge in [-0.25, -0.2) is 0 Å². The minimum atomic E-state index is -0.615. The molecule has 0 amide bonds. The molecule has 5 heteroatoms. The van der Waals surface area contributed by atoms with Gasteiger partial charge in [0.25, 0.3) is 0 Å². The zero-order chi connectivity index (χ0) is 14.1. The van der Waals surface area contributed by atoms with Crippen LogP contribution in [0.15, 0.2) is 47.2 Å². The van der Waals surface area contributed by atoms with Crippen LogP contribution in [0.3, 0.4) is 0 Å². The van der Waals surface area contributed by atoms with Gasteiger partial charge < -0.3 is 5.11 Å². The maximum atomic E-state index is 10.5. The Kier molecular flexibility index (Phi) is 3.54. The van der Waals surface area contributed by atoms with Crippen molar-refractivity contribution in [3.63, 3.8) is 0 Å². The molecule has 0 bridgehead atoms. The van der Waals surface area contributed by atoms with Crippen LogP contribution < -0.4 is 0 Å². The van der Waals surface area contributed by atoms with Crippen molar-refractivity contribution in [2.24, 2.45) is 7.05 Å². The highest BCUT2D eigenvalue weighted by atomic mass is 79.9. The van der Waals surface area contributed by atoms with Gasteiger partial charge in [0, 0.05) is 41.3 Å². The summed E-state index contributed by atoms with van der Waals surface area (Å²) < 4.78 is 2.72. The number of pyridine rings is 1. The zero-order valence-electron chi connectivity index (χ0n) is 11.0. The topological polar surface area (TPSA) is 50.9 Å². The highest BCUT2D eigenvalue weighted by molar-refractivity contribution is 9.10. The zero-order valence-corrected chi connectivity index (χ0v) is 12.6. The van der Waals surface area contributed by atoms with Gasteiger partial charge in [-0.05, 0) is 18.2 Å². The Hall–Kier alpha value is -1.72. The van der Waals surface area contributed by atoms with E-state index in [1.165, 1.54) is 0 Å². The molecule has 1 aromatic carbocycles. The van der Waals surface area contributed by atoms with Crippen molar-refractivity contribution >= 4 is 26.8 Å². The van der Waals surface area contributed by atoms with Gasteiger partial charge in [-0.15, -0.1) is 0 Å². The second kappa shape index (κ2) is 5.34. The van der Waals surface area contributed by atoms with E-state index in [9.17, 15) is 5.11 Å². The molecule has 102 valence electrons. The molecular formula is C15H14BrN3O. The van der Waals surface area contributed by atoms with Crippen molar-refractivity contribution in [2.45, 2.75) is 12.5 Å². The van der Waals surface area contributed by atoms with Crippen molar-refractivity contribution < 1.29 is 5.11 Å². The number of halogens is 1. The lowest BCUT2D eigenvalue weighted by molar-refractivity contribution is 0.178. The van der Waals surface area contributed by atoms with Crippen LogP contribution in [0, 0.1) is 0 Å². The molecule has 2 heterocycles. The first-order chi connectivity index (χ1) is 9.65. The molecule has 1 unspecified atom stereocenters. The van der Waals surface area contributed by atoms with Gasteiger partial charge in [-0.1, -0.05) is 28.1 Å². The van der Waals surface area contributed by atoms with Gasteiger partial charge in [-0.2, -0.15) is 5.10 Å². The van der Waals surface area contributed by atoms with E-state index in [4.69, 9.17) is 0 Å². The fourth-order valence-electron chi connectivity index (χ4n) is 2.31. The van der Waals surface area contributed by atoms with Crippen LogP contribution in [0.2, 0.25) is 0 Å². The average molecular weight is 332 g/mol. The predicted octanol–water partition coefficient (Wildman–Crippen LogP) is 3.01. The molecule has 1 N–H and O–H groups in total. The van der Waals surface area contributed by atoms with E-state index in [1.54, 1.807) is 10.9 Å². The van der Waals surface area contributed by atoms with E-state index in [-0.39, 0.29) is 0 Å². The third kappa shape index (κ3) is 2.46. The molecule has 3 aromatic rings. The Balaban J connectivity index is 1.99. The van der Waals surface area contributed by atoms with Crippen LogP contribution in [-0.2, 0) is 13.5 Å². The summed E-state index contributed by atoms with van der Waals surface area (Å²) in [6.45, 7) is 0. The number of benzene rings is 1. The summed E-state index contributed by atoms with van der Waals surface area (Å²) in [6, 6.07) is 9.65. The number of nitrogens with zero attached hydrogens (tertiary/aromatic N) is 3. The van der Waals surface area contributed by atoms with Gasteiger partial charge in [0.2, 0.25) is 0 Å². The molecule has 3 rings (SSSR count). The smallest absolute Gasteiger partial charge is 0.0867 e. The molecule has 0 saturated heterocycles. The lowest BCUT2D eigenvalue weighted by Crippen LogP contribution is -2.04. The van der Waals surface area contributed by atoms with E-state index < -0.39 is 6.10 Å². The van der Waals surface area contributed by atoms with Crippen LogP contribution in [0.25, 0.3) is 10.9 Å². The van der Waals surface area contributed by atoms with Crippen molar-refractivity contribution in [1.82, 2.24) is 14.8 Å². The molecule has 0 radical (unpaired) electrons. The molecule has 0 aliphatic rings. The number of hydrogen-bond acceptors (Lipinski definition) is 3. The summed E-state index contributed by atoms with van der Waals surface area (Å²) >= 11 is 3.51. The van der Waals surface area contributed by atoms with Gasteiger partial charge >= 0.3 is 0 Å². The highest BCUT2D eigenvalue weighted by Gasteiger charge is 2.15. The Morgan fingerprint density at radius 2 is 2.15 bits per heavy atom. The summed E-state index contributed by atoms with van der Waals surface area (Å²) in [4.78, 5) is 4.39. The maximum absolute atomic E-state index is 10.5. The van der Waals surface area contributed by atoms with E-state index in [2.05, 4.69) is 26.0 Å². The molecule has 20 heavy (non-hydrogen) atoms. The standard InChI is InChI=1S/C15H14BrN3O/c1-19-8-6-10(18-19)9-14(20)12-4-5-13(16)11-3-2-7-17-15(11)12/h2-8,14,20H,9H2,1H3. The minimum Gasteiger partial charge on any atom is -0.388 e. The average Bonchev–Trinajstić information content (AvgIpc) is 2.84. The Bertz CT molecular complexity index is 754. The van der Waals surface area contributed by atoms with Crippen LogP contribution in [0.4, 0.5) is 0 Å². The summed E-state index contributed by atoms with van der Waals surface area (Å²) in [5.41, 5.74) is 2.52. The van der Waals surface area contributed by atoms with Gasteiger partial charge in [0.05, 0.1) is 17.3 Å². The fourth-order valence-corrected chi connectivity index (χ4v) is 2.76. The molecule has 0 spiro atoms. The predicted molar refractivity (Wildman–Crippen MR) is 81.3 cm³/mol. The van der Waals surface area contributed by atoms with Gasteiger partial charge in [0.15, 0.2) is 0 Å². The lowest BCUT2D eigenvalue weighted by atomic mass is 10.0. The Morgan fingerprint density at radius 3 is 2.90 bits per heavy atom. The monoisotopic (exact) mass is 331 g/mol. The second-order valence-electron chi connectivity index (χ2n) is 4.74. The van der Waals surface area contributed by atoms with E-state index in [0.717, 1.165) is 26.6 Å². The molecule has 0 aliphatic heterocycles. The first-order valence-corrected chi connectivity index (χ1v) is 7.14. The normalized spacial score (nSPS) is 12.8. The largest absolute Gasteiger partial charge is 0.388 e. The molecule has 0 aliphatic carbocycles. The summed E-state index contributed by atoms with van der Waals surface area (Å²) in [7, 11) is 1.87. The van der Waals surface area contributed by atoms with Crippen LogP contribution in [0.1, 0.15) is 17.4 Å². The van der Waals surface area contributed by atoms with Gasteiger partial charge in [-0.3, -0.25) is 9.67 Å². The number of aliphatic hydroxyl groups excluding tert-OH is 1. The molecule has 0 fully saturated rings. The van der Waals surface area contributed by atoms with Crippen LogP contribution in [0.5, 0.6) is 0 Å². The van der Waals surface area contributed by atoms with Gasteiger partial charge in [0.1, 0.15) is 0 Å². The number of hydrogen-bond donors (Lipinski definition) is 1. The van der Waals surface area contributed by atoms with E-state index in [0.29, 0.717) is 6.42 Å². The SMILES string of the molecule is Cn1ccc(CC(O)c2ccc(Br)c3cccnc23)n1. The lowest BCUT2D eigenvalue weighted by Gasteiger charge is -2.12. The number of aryl methyl sites for hydroxylation is 1. The van der Waals surface area contributed by atoms with E-state index in [1.807, 2.05) is 43.6 Å². The van der Waals surface area contributed by atoms with E-state index >= 15 is 0 Å². The third-order valence-electron chi connectivity index (χ3n) is 3.28. The molecule has 1 atom stereocenters. The molecular weight excluding hydrogens is 318 g/mol. The molecule has 4 nitrogen and oxygen atoms in total. The number of aliphatic hydroxyl groups is 1. The van der Waals surface area contributed by atoms with Crippen molar-refractivity contribution in [3.05, 3.63) is 58.5 Å². The van der Waals surface area contributed by atoms with Crippen LogP contribution >= 0.6 is 15.9 Å². The van der Waals surface area contributed by atoms with Crippen molar-refractivity contribution in [2.75, 3.05) is 0 Å². The first-order valence-electron chi connectivity index (χ1n) is 6.35. The summed E-state index contributed by atoms with van der Waals surface area (Å²) in [5.74, 6) is 0. The fraction of sp³-hybridized carbons (Fsp3) is 0.200. The summed E-state index contributed by atoms with van der Waals surface area (Å²) in [5, 5.41) is 15.8. The quantitative estimate of drug-likeness (QED) is 0.802. The first kappa shape index (κ1) is 13.3. The number of fused-ring (bicyclic) bond motifs is 1. The molecule has 2 aromatic heterocycles. The van der Waals surface area contributed by atoms with Crippen molar-refractivity contribution in [1.29, 1.82) is 0 Å². The Morgan fingerprint density at radius 1 is 1.30 bits per heavy atom. The third-order valence-corrected chi connectivity index (χ3v) is 3.97.